The zero-order valence-electron chi connectivity index (χ0n) is 27.0. The predicted molar refractivity (Wildman–Crippen MR) is 163 cm³/mol. The van der Waals surface area contributed by atoms with Crippen molar-refractivity contribution in [1.29, 1.82) is 0 Å². The van der Waals surface area contributed by atoms with Crippen LogP contribution in [0.2, 0.25) is 0 Å². The molecule has 1 aliphatic carbocycles. The Bertz CT molecular complexity index is 1240. The average Bonchev–Trinajstić information content (AvgIpc) is 3.55. The number of rotatable bonds is 13. The van der Waals surface area contributed by atoms with Gasteiger partial charge < -0.3 is 31.3 Å². The zero-order chi connectivity index (χ0) is 33.7. The van der Waals surface area contributed by atoms with Gasteiger partial charge in [-0.2, -0.15) is 0 Å². The Balaban J connectivity index is 1.87. The van der Waals surface area contributed by atoms with Gasteiger partial charge in [-0.15, -0.1) is 0 Å². The molecular formula is C32H47F2N5O6. The number of likely N-dealkylation sites (tertiary alicyclic amines) is 1. The van der Waals surface area contributed by atoms with Crippen molar-refractivity contribution in [1.82, 2.24) is 20.9 Å². The second-order valence-corrected chi connectivity index (χ2v) is 13.5. The van der Waals surface area contributed by atoms with Gasteiger partial charge >= 0.3 is 6.03 Å². The fourth-order valence-electron chi connectivity index (χ4n) is 6.09. The standard InChI is InChI=1S/C32H47F2N5O6/c1-18-12-14-39(25(18)28(42)36-22(26(40)27(35)41)11-13-32(5,33)34)29(43)24(21-15-19-9-7-8-10-20(19)16-21)38-30(44)37-23(17-45-6)31(2,3)4/h7-10,18,21-25H,11-17H2,1-6H3,(H2,35,41)(H,36,42)(H2,37,38,44)/t18-,22?,23+,24?,25?/m0/s1. The number of nitrogens with two attached hydrogens (primary N) is 1. The van der Waals surface area contributed by atoms with Crippen molar-refractivity contribution >= 4 is 29.5 Å². The monoisotopic (exact) mass is 635 g/mol. The first-order valence-corrected chi connectivity index (χ1v) is 15.4. The van der Waals surface area contributed by atoms with Crippen molar-refractivity contribution in [2.24, 2.45) is 23.0 Å². The molecule has 1 saturated heterocycles. The molecule has 45 heavy (non-hydrogen) atoms. The number of ketones is 1. The number of primary amides is 1. The van der Waals surface area contributed by atoms with E-state index in [0.717, 1.165) is 11.1 Å². The minimum absolute atomic E-state index is 0.202. The first kappa shape index (κ1) is 35.9. The summed E-state index contributed by atoms with van der Waals surface area (Å²) in [5, 5.41) is 8.24. The quantitative estimate of drug-likeness (QED) is 0.244. The van der Waals surface area contributed by atoms with Gasteiger partial charge in [-0.1, -0.05) is 52.0 Å². The summed E-state index contributed by atoms with van der Waals surface area (Å²) < 4.78 is 32.5. The Morgan fingerprint density at radius 1 is 1.02 bits per heavy atom. The number of fused-ring (bicyclic) bond motifs is 1. The lowest BCUT2D eigenvalue weighted by molar-refractivity contribution is -0.143. The van der Waals surface area contributed by atoms with Crippen LogP contribution < -0.4 is 21.7 Å². The van der Waals surface area contributed by atoms with Gasteiger partial charge in [0.1, 0.15) is 12.1 Å². The fourth-order valence-corrected chi connectivity index (χ4v) is 6.09. The number of amides is 5. The van der Waals surface area contributed by atoms with Crippen molar-refractivity contribution in [3.8, 4) is 0 Å². The minimum atomic E-state index is -3.14. The molecule has 0 bridgehead atoms. The normalized spacial score (nSPS) is 20.6. The second kappa shape index (κ2) is 14.7. The van der Waals surface area contributed by atoms with Crippen LogP contribution >= 0.6 is 0 Å². The Hall–Kier alpha value is -3.61. The third kappa shape index (κ3) is 9.44. The van der Waals surface area contributed by atoms with Gasteiger partial charge in [0.05, 0.1) is 18.7 Å². The van der Waals surface area contributed by atoms with Crippen LogP contribution in [0.25, 0.3) is 0 Å². The van der Waals surface area contributed by atoms with E-state index in [1.165, 1.54) is 12.0 Å². The van der Waals surface area contributed by atoms with Gasteiger partial charge in [0, 0.05) is 20.1 Å². The van der Waals surface area contributed by atoms with Crippen LogP contribution in [0.1, 0.15) is 65.0 Å². The van der Waals surface area contributed by atoms with Crippen LogP contribution in [0, 0.1) is 17.3 Å². The molecule has 2 aliphatic rings. The molecule has 13 heteroatoms. The van der Waals surface area contributed by atoms with Crippen LogP contribution in [0.3, 0.4) is 0 Å². The molecule has 3 unspecified atom stereocenters. The number of urea groups is 1. The second-order valence-electron chi connectivity index (χ2n) is 13.5. The Labute approximate surface area is 263 Å². The number of nitrogens with zero attached hydrogens (tertiary/aromatic N) is 1. The van der Waals surface area contributed by atoms with Gasteiger partial charge in [-0.25, -0.2) is 13.6 Å². The molecular weight excluding hydrogens is 588 g/mol. The van der Waals surface area contributed by atoms with Gasteiger partial charge in [0.2, 0.25) is 23.5 Å². The Morgan fingerprint density at radius 3 is 2.13 bits per heavy atom. The number of halogens is 2. The van der Waals surface area contributed by atoms with Crippen LogP contribution in [-0.4, -0.2) is 84.8 Å². The number of hydrogen-bond donors (Lipinski definition) is 4. The van der Waals surface area contributed by atoms with Gasteiger partial charge in [-0.05, 0) is 61.0 Å². The van der Waals surface area contributed by atoms with Crippen molar-refractivity contribution < 1.29 is 37.5 Å². The smallest absolute Gasteiger partial charge is 0.315 e. The highest BCUT2D eigenvalue weighted by atomic mass is 19.3. The summed E-state index contributed by atoms with van der Waals surface area (Å²) in [7, 11) is 1.54. The maximum atomic E-state index is 14.3. The summed E-state index contributed by atoms with van der Waals surface area (Å²) >= 11 is 0. The number of methoxy groups -OCH3 is 1. The largest absolute Gasteiger partial charge is 0.383 e. The molecule has 0 radical (unpaired) electrons. The maximum Gasteiger partial charge on any atom is 0.315 e. The summed E-state index contributed by atoms with van der Waals surface area (Å²) in [6, 6.07) is 3.25. The number of nitrogens with one attached hydrogen (secondary N) is 3. The third-order valence-corrected chi connectivity index (χ3v) is 8.79. The summed E-state index contributed by atoms with van der Waals surface area (Å²) in [6.07, 6.45) is 0.257. The molecule has 5 N–H and O–H groups in total. The number of hydrogen-bond acceptors (Lipinski definition) is 6. The molecule has 250 valence electrons. The van der Waals surface area contributed by atoms with E-state index in [4.69, 9.17) is 10.5 Å². The zero-order valence-corrected chi connectivity index (χ0v) is 27.0. The van der Waals surface area contributed by atoms with Gasteiger partial charge in [0.25, 0.3) is 5.91 Å². The van der Waals surface area contributed by atoms with E-state index >= 15 is 0 Å². The van der Waals surface area contributed by atoms with Crippen molar-refractivity contribution in [2.45, 2.75) is 96.8 Å². The molecule has 1 fully saturated rings. The molecule has 0 aromatic heterocycles. The highest BCUT2D eigenvalue weighted by Gasteiger charge is 2.46. The number of ether oxygens (including phenoxy) is 1. The molecule has 11 nitrogen and oxygen atoms in total. The first-order chi connectivity index (χ1) is 20.9. The highest BCUT2D eigenvalue weighted by Crippen LogP contribution is 2.32. The van der Waals surface area contributed by atoms with Crippen molar-refractivity contribution in [2.75, 3.05) is 20.3 Å². The number of carbonyl (C=O) groups is 5. The lowest BCUT2D eigenvalue weighted by atomic mass is 9.87. The molecule has 1 aromatic carbocycles. The molecule has 1 aromatic rings. The minimum Gasteiger partial charge on any atom is -0.383 e. The lowest BCUT2D eigenvalue weighted by Crippen LogP contribution is -2.60. The average molecular weight is 636 g/mol. The van der Waals surface area contributed by atoms with Gasteiger partial charge in [-0.3, -0.25) is 19.2 Å². The summed E-state index contributed by atoms with van der Waals surface area (Å²) in [5.74, 6) is -7.56. The van der Waals surface area contributed by atoms with Crippen molar-refractivity contribution in [3.05, 3.63) is 35.4 Å². The Kier molecular flexibility index (Phi) is 11.7. The topological polar surface area (TPSA) is 160 Å². The van der Waals surface area contributed by atoms with E-state index in [1.807, 2.05) is 45.0 Å². The number of benzene rings is 1. The maximum absolute atomic E-state index is 14.3. The molecule has 0 saturated carbocycles. The summed E-state index contributed by atoms with van der Waals surface area (Å²) in [4.78, 5) is 66.7. The van der Waals surface area contributed by atoms with E-state index in [-0.39, 0.29) is 36.4 Å². The predicted octanol–water partition coefficient (Wildman–Crippen LogP) is 2.34. The van der Waals surface area contributed by atoms with Crippen LogP contribution in [0.5, 0.6) is 0 Å². The molecule has 5 amide bonds. The molecule has 1 aliphatic heterocycles. The number of alkyl halides is 2. The fraction of sp³-hybridized carbons (Fsp3) is 0.656. The number of carbonyl (C=O) groups excluding carboxylic acids is 5. The van der Waals surface area contributed by atoms with E-state index in [0.29, 0.717) is 26.2 Å². The molecule has 0 spiro atoms. The third-order valence-electron chi connectivity index (χ3n) is 8.79. The van der Waals surface area contributed by atoms with Crippen LogP contribution in [-0.2, 0) is 36.8 Å². The lowest BCUT2D eigenvalue weighted by Gasteiger charge is -2.35. The Morgan fingerprint density at radius 2 is 1.62 bits per heavy atom. The molecule has 5 atom stereocenters. The number of Topliss-reactive ketones (excluding diaryl/α,β-unsaturated/α-hetero) is 1. The van der Waals surface area contributed by atoms with E-state index in [1.54, 1.807) is 6.92 Å². The molecule has 1 heterocycles. The molecule has 3 rings (SSSR count). The summed E-state index contributed by atoms with van der Waals surface area (Å²) in [5.41, 5.74) is 6.93. The highest BCUT2D eigenvalue weighted by molar-refractivity contribution is 6.37. The summed E-state index contributed by atoms with van der Waals surface area (Å²) in [6.45, 7) is 8.77. The van der Waals surface area contributed by atoms with Crippen LogP contribution in [0.15, 0.2) is 24.3 Å². The SMILES string of the molecule is COC[C@@H](NC(=O)NC(C(=O)N1CC[C@H](C)C1C(=O)NC(CCC(C)(F)F)C(=O)C(N)=O)C1Cc2ccccc2C1)C(C)(C)C. The van der Waals surface area contributed by atoms with Gasteiger partial charge in [0.15, 0.2) is 0 Å². The van der Waals surface area contributed by atoms with Crippen molar-refractivity contribution in [3.63, 3.8) is 0 Å². The van der Waals surface area contributed by atoms with E-state index in [2.05, 4.69) is 16.0 Å². The van der Waals surface area contributed by atoms with E-state index in [9.17, 15) is 32.8 Å². The van der Waals surface area contributed by atoms with Crippen LogP contribution in [0.4, 0.5) is 13.6 Å². The van der Waals surface area contributed by atoms with E-state index < -0.39 is 66.4 Å². The first-order valence-electron chi connectivity index (χ1n) is 15.4.